The summed E-state index contributed by atoms with van der Waals surface area (Å²) in [6.45, 7) is 0. The number of rotatable bonds is 2. The molecule has 3 rings (SSSR count). The van der Waals surface area contributed by atoms with Gasteiger partial charge in [0.1, 0.15) is 5.75 Å². The van der Waals surface area contributed by atoms with Crippen molar-refractivity contribution in [3.05, 3.63) is 36.5 Å². The average Bonchev–Trinajstić information content (AvgIpc) is 2.84. The maximum Gasteiger partial charge on any atom is 0.229 e. The molecule has 0 unspecified atom stereocenters. The highest BCUT2D eigenvalue weighted by Gasteiger charge is 2.11. The number of hydrogen-bond donors (Lipinski definition) is 1. The number of ether oxygens (including phenoxy) is 1. The first-order chi connectivity index (χ1) is 8.78. The van der Waals surface area contributed by atoms with Crippen molar-refractivity contribution in [2.24, 2.45) is 0 Å². The highest BCUT2D eigenvalue weighted by Crippen LogP contribution is 2.28. The molecule has 2 heterocycles. The minimum absolute atomic E-state index is 0.481. The summed E-state index contributed by atoms with van der Waals surface area (Å²) >= 11 is 0. The van der Waals surface area contributed by atoms with Gasteiger partial charge >= 0.3 is 0 Å². The predicted molar refractivity (Wildman–Crippen MR) is 68.2 cm³/mol. The molecule has 0 saturated heterocycles. The predicted octanol–water partition coefficient (Wildman–Crippen LogP) is 2.48. The van der Waals surface area contributed by atoms with Crippen LogP contribution in [0.4, 0.5) is 5.69 Å². The van der Waals surface area contributed by atoms with Crippen LogP contribution in [0.2, 0.25) is 0 Å². The molecule has 90 valence electrons. The van der Waals surface area contributed by atoms with Gasteiger partial charge in [-0.15, -0.1) is 0 Å². The van der Waals surface area contributed by atoms with Crippen LogP contribution < -0.4 is 10.5 Å². The average molecular weight is 241 g/mol. The number of nitrogen functional groups attached to an aromatic ring is 1. The Morgan fingerprint density at radius 1 is 1.28 bits per heavy atom. The Kier molecular flexibility index (Phi) is 2.37. The number of anilines is 1. The molecule has 0 saturated carbocycles. The molecule has 2 aromatic heterocycles. The maximum atomic E-state index is 5.81. The molecule has 0 aliphatic heterocycles. The van der Waals surface area contributed by atoms with Gasteiger partial charge in [-0.2, -0.15) is 4.98 Å². The summed E-state index contributed by atoms with van der Waals surface area (Å²) in [6.07, 6.45) is 1.61. The van der Waals surface area contributed by atoms with Crippen molar-refractivity contribution in [1.29, 1.82) is 0 Å². The zero-order valence-corrected chi connectivity index (χ0v) is 9.75. The molecule has 5 nitrogen and oxygen atoms in total. The molecule has 0 bridgehead atoms. The van der Waals surface area contributed by atoms with Crippen LogP contribution in [0, 0.1) is 0 Å². The summed E-state index contributed by atoms with van der Waals surface area (Å²) in [6, 6.07) is 9.16. The van der Waals surface area contributed by atoms with Crippen molar-refractivity contribution in [2.45, 2.75) is 0 Å². The number of methoxy groups -OCH3 is 1. The molecule has 5 heteroatoms. The summed E-state index contributed by atoms with van der Waals surface area (Å²) in [7, 11) is 1.62. The van der Waals surface area contributed by atoms with Gasteiger partial charge in [0, 0.05) is 11.8 Å². The van der Waals surface area contributed by atoms with E-state index in [1.807, 2.05) is 24.3 Å². The molecule has 0 atom stereocenters. The van der Waals surface area contributed by atoms with Gasteiger partial charge in [-0.25, -0.2) is 4.98 Å². The molecular formula is C13H11N3O2. The molecule has 2 N–H and O–H groups in total. The van der Waals surface area contributed by atoms with Crippen LogP contribution in [-0.2, 0) is 0 Å². The lowest BCUT2D eigenvalue weighted by atomic mass is 10.2. The lowest BCUT2D eigenvalue weighted by Crippen LogP contribution is -1.85. The van der Waals surface area contributed by atoms with Gasteiger partial charge in [0.25, 0.3) is 0 Å². The SMILES string of the molecule is COc1cccc(-c2nc3nccc(N)c3o2)c1. The Labute approximate surface area is 103 Å². The molecule has 0 fully saturated rings. The number of pyridine rings is 1. The van der Waals surface area contributed by atoms with Gasteiger partial charge < -0.3 is 14.9 Å². The van der Waals surface area contributed by atoms with Crippen molar-refractivity contribution >= 4 is 16.9 Å². The van der Waals surface area contributed by atoms with E-state index in [4.69, 9.17) is 14.9 Å². The van der Waals surface area contributed by atoms with E-state index < -0.39 is 0 Å². The van der Waals surface area contributed by atoms with E-state index in [0.29, 0.717) is 22.8 Å². The number of aromatic nitrogens is 2. The fraction of sp³-hybridized carbons (Fsp3) is 0.0769. The van der Waals surface area contributed by atoms with Crippen LogP contribution in [0.1, 0.15) is 0 Å². The number of oxazole rings is 1. The van der Waals surface area contributed by atoms with Gasteiger partial charge in [0.15, 0.2) is 5.58 Å². The zero-order valence-electron chi connectivity index (χ0n) is 9.75. The minimum atomic E-state index is 0.481. The summed E-state index contributed by atoms with van der Waals surface area (Å²) in [4.78, 5) is 8.42. The van der Waals surface area contributed by atoms with Crippen LogP contribution in [0.15, 0.2) is 40.9 Å². The van der Waals surface area contributed by atoms with E-state index in [2.05, 4.69) is 9.97 Å². The van der Waals surface area contributed by atoms with Crippen molar-refractivity contribution in [3.63, 3.8) is 0 Å². The molecule has 3 aromatic rings. The van der Waals surface area contributed by atoms with E-state index in [0.717, 1.165) is 11.3 Å². The second-order valence-electron chi connectivity index (χ2n) is 3.80. The Morgan fingerprint density at radius 3 is 2.94 bits per heavy atom. The summed E-state index contributed by atoms with van der Waals surface area (Å²) in [5.41, 5.74) is 8.18. The van der Waals surface area contributed by atoms with Crippen LogP contribution in [0.25, 0.3) is 22.7 Å². The van der Waals surface area contributed by atoms with E-state index in [-0.39, 0.29) is 0 Å². The molecule has 0 radical (unpaired) electrons. The van der Waals surface area contributed by atoms with E-state index in [1.54, 1.807) is 19.4 Å². The van der Waals surface area contributed by atoms with Crippen molar-refractivity contribution in [1.82, 2.24) is 9.97 Å². The second kappa shape index (κ2) is 4.03. The molecule has 0 aliphatic carbocycles. The number of benzene rings is 1. The number of hydrogen-bond acceptors (Lipinski definition) is 5. The largest absolute Gasteiger partial charge is 0.497 e. The molecule has 0 aliphatic rings. The van der Waals surface area contributed by atoms with Gasteiger partial charge in [-0.1, -0.05) is 6.07 Å². The first kappa shape index (κ1) is 10.6. The normalized spacial score (nSPS) is 10.7. The Balaban J connectivity index is 2.16. The van der Waals surface area contributed by atoms with Crippen molar-refractivity contribution < 1.29 is 9.15 Å². The monoisotopic (exact) mass is 241 g/mol. The molecule has 1 aromatic carbocycles. The van der Waals surface area contributed by atoms with Gasteiger partial charge in [0.2, 0.25) is 11.5 Å². The van der Waals surface area contributed by atoms with Gasteiger partial charge in [-0.3, -0.25) is 0 Å². The fourth-order valence-electron chi connectivity index (χ4n) is 1.73. The quantitative estimate of drug-likeness (QED) is 0.746. The Bertz CT molecular complexity index is 706. The highest BCUT2D eigenvalue weighted by molar-refractivity contribution is 5.83. The lowest BCUT2D eigenvalue weighted by molar-refractivity contribution is 0.415. The highest BCUT2D eigenvalue weighted by atomic mass is 16.5. The van der Waals surface area contributed by atoms with Crippen molar-refractivity contribution in [2.75, 3.05) is 12.8 Å². The Morgan fingerprint density at radius 2 is 2.17 bits per heavy atom. The van der Waals surface area contributed by atoms with Crippen molar-refractivity contribution in [3.8, 4) is 17.2 Å². The smallest absolute Gasteiger partial charge is 0.229 e. The number of nitrogens with zero attached hydrogens (tertiary/aromatic N) is 2. The van der Waals surface area contributed by atoms with Gasteiger partial charge in [-0.05, 0) is 24.3 Å². The Hall–Kier alpha value is -2.56. The molecule has 18 heavy (non-hydrogen) atoms. The fourth-order valence-corrected chi connectivity index (χ4v) is 1.73. The molecular weight excluding hydrogens is 230 g/mol. The third-order valence-electron chi connectivity index (χ3n) is 2.64. The van der Waals surface area contributed by atoms with E-state index >= 15 is 0 Å². The molecule has 0 amide bonds. The van der Waals surface area contributed by atoms with Crippen LogP contribution >= 0.6 is 0 Å². The van der Waals surface area contributed by atoms with Gasteiger partial charge in [0.05, 0.1) is 12.8 Å². The second-order valence-corrected chi connectivity index (χ2v) is 3.80. The topological polar surface area (TPSA) is 74.2 Å². The summed E-state index contributed by atoms with van der Waals surface area (Å²) in [5.74, 6) is 1.23. The maximum absolute atomic E-state index is 5.81. The standard InChI is InChI=1S/C13H11N3O2/c1-17-9-4-2-3-8(7-9)13-16-12-11(18-13)10(14)5-6-15-12/h2-7H,1H3,(H2,14,15). The minimum Gasteiger partial charge on any atom is -0.497 e. The lowest BCUT2D eigenvalue weighted by Gasteiger charge is -2.00. The first-order valence-corrected chi connectivity index (χ1v) is 5.43. The van der Waals surface area contributed by atoms with Crippen LogP contribution in [-0.4, -0.2) is 17.1 Å². The third-order valence-corrected chi connectivity index (χ3v) is 2.64. The van der Waals surface area contributed by atoms with Crippen LogP contribution in [0.5, 0.6) is 5.75 Å². The van der Waals surface area contributed by atoms with E-state index in [1.165, 1.54) is 0 Å². The number of nitrogens with two attached hydrogens (primary N) is 1. The number of fused-ring (bicyclic) bond motifs is 1. The summed E-state index contributed by atoms with van der Waals surface area (Å²) < 4.78 is 10.8. The van der Waals surface area contributed by atoms with Crippen LogP contribution in [0.3, 0.4) is 0 Å². The third kappa shape index (κ3) is 1.66. The van der Waals surface area contributed by atoms with E-state index in [9.17, 15) is 0 Å². The first-order valence-electron chi connectivity index (χ1n) is 5.43. The summed E-state index contributed by atoms with van der Waals surface area (Å²) in [5, 5.41) is 0. The molecule has 0 spiro atoms. The zero-order chi connectivity index (χ0) is 12.5.